The number of carboxylic acid groups (broad SMARTS) is 1. The van der Waals surface area contributed by atoms with E-state index in [-0.39, 0.29) is 37.0 Å². The van der Waals surface area contributed by atoms with Gasteiger partial charge in [0.05, 0.1) is 10.3 Å². The van der Waals surface area contributed by atoms with Gasteiger partial charge in [0, 0.05) is 32.1 Å². The topological polar surface area (TPSA) is 113 Å². The molecule has 1 saturated heterocycles. The van der Waals surface area contributed by atoms with E-state index in [1.54, 1.807) is 23.1 Å². The van der Waals surface area contributed by atoms with Crippen molar-refractivity contribution in [2.75, 3.05) is 25.0 Å². The van der Waals surface area contributed by atoms with Crippen LogP contribution in [0.3, 0.4) is 0 Å². The molecule has 0 aromatic heterocycles. The van der Waals surface area contributed by atoms with Gasteiger partial charge in [-0.2, -0.15) is 0 Å². The second-order valence-corrected chi connectivity index (χ2v) is 6.63. The first kappa shape index (κ1) is 18.7. The van der Waals surface area contributed by atoms with Crippen molar-refractivity contribution in [3.8, 4) is 0 Å². The van der Waals surface area contributed by atoms with Gasteiger partial charge in [-0.05, 0) is 18.4 Å². The molecule has 136 valence electrons. The van der Waals surface area contributed by atoms with E-state index in [4.69, 9.17) is 0 Å². The van der Waals surface area contributed by atoms with Crippen LogP contribution in [0.1, 0.15) is 26.7 Å². The number of benzene rings is 1. The largest absolute Gasteiger partial charge is 0.481 e. The number of aliphatic carboxylic acids is 1. The predicted octanol–water partition coefficient (Wildman–Crippen LogP) is 2.36. The molecule has 0 aliphatic carbocycles. The molecular formula is C17H23N3O5. The molecular weight excluding hydrogens is 326 g/mol. The van der Waals surface area contributed by atoms with Crippen molar-refractivity contribution in [1.29, 1.82) is 0 Å². The fourth-order valence-corrected chi connectivity index (χ4v) is 3.18. The minimum atomic E-state index is -0.888. The quantitative estimate of drug-likeness (QED) is 0.577. The van der Waals surface area contributed by atoms with Crippen LogP contribution in [0, 0.1) is 21.4 Å². The van der Waals surface area contributed by atoms with Gasteiger partial charge in [-0.25, -0.2) is 0 Å². The van der Waals surface area contributed by atoms with Crippen molar-refractivity contribution in [2.45, 2.75) is 26.7 Å². The molecule has 1 aromatic carbocycles. The maximum absolute atomic E-state index is 12.3. The highest BCUT2D eigenvalue weighted by atomic mass is 16.6. The summed E-state index contributed by atoms with van der Waals surface area (Å²) in [5.41, 5.74) is -0.564. The Labute approximate surface area is 146 Å². The number of nitro groups is 1. The molecule has 8 heteroatoms. The summed E-state index contributed by atoms with van der Waals surface area (Å²) in [6.45, 7) is 4.61. The third kappa shape index (κ3) is 3.89. The van der Waals surface area contributed by atoms with Crippen molar-refractivity contribution in [2.24, 2.45) is 11.3 Å². The number of carbonyl (C=O) groups is 2. The van der Waals surface area contributed by atoms with E-state index in [0.717, 1.165) is 0 Å². The number of hydrogen-bond donors (Lipinski definition) is 2. The van der Waals surface area contributed by atoms with Crippen LogP contribution >= 0.6 is 0 Å². The van der Waals surface area contributed by atoms with Gasteiger partial charge in [0.25, 0.3) is 5.69 Å². The van der Waals surface area contributed by atoms with E-state index >= 15 is 0 Å². The summed E-state index contributed by atoms with van der Waals surface area (Å²) in [5, 5.41) is 23.4. The molecule has 2 rings (SSSR count). The molecule has 1 unspecified atom stereocenters. The summed E-state index contributed by atoms with van der Waals surface area (Å²) in [7, 11) is 0. The number of amides is 1. The Kier molecular flexibility index (Phi) is 5.61. The second-order valence-electron chi connectivity index (χ2n) is 6.63. The number of likely N-dealkylation sites (tertiary alicyclic amines) is 1. The lowest BCUT2D eigenvalue weighted by Gasteiger charge is -2.28. The molecule has 8 nitrogen and oxygen atoms in total. The number of para-hydroxylation sites is 2. The second kappa shape index (κ2) is 7.50. The van der Waals surface area contributed by atoms with Gasteiger partial charge in [0.15, 0.2) is 0 Å². The highest BCUT2D eigenvalue weighted by Gasteiger charge is 2.48. The van der Waals surface area contributed by atoms with Crippen LogP contribution in [0.4, 0.5) is 11.4 Å². The lowest BCUT2D eigenvalue weighted by molar-refractivity contribution is -0.384. The molecule has 1 aliphatic rings. The number of carbonyl (C=O) groups excluding carboxylic acids is 1. The minimum Gasteiger partial charge on any atom is -0.481 e. The van der Waals surface area contributed by atoms with Gasteiger partial charge in [0.2, 0.25) is 5.91 Å². The molecule has 1 fully saturated rings. The van der Waals surface area contributed by atoms with E-state index in [1.165, 1.54) is 6.07 Å². The number of nitro benzene ring substituents is 1. The zero-order valence-electron chi connectivity index (χ0n) is 14.4. The van der Waals surface area contributed by atoms with Crippen LogP contribution in [0.25, 0.3) is 0 Å². The molecule has 0 spiro atoms. The first-order valence-electron chi connectivity index (χ1n) is 8.26. The highest BCUT2D eigenvalue weighted by molar-refractivity contribution is 5.81. The molecule has 1 aliphatic heterocycles. The Bertz CT molecular complexity index is 676. The average Bonchev–Trinajstić information content (AvgIpc) is 3.02. The smallest absolute Gasteiger partial charge is 0.311 e. The SMILES string of the molecule is CC(C)C1(C(=O)O)CCN(C(=O)CCNc2ccccc2[N+](=O)[O-])C1. The fraction of sp³-hybridized carbons (Fsp3) is 0.529. The fourth-order valence-electron chi connectivity index (χ4n) is 3.18. The Morgan fingerprint density at radius 3 is 2.64 bits per heavy atom. The number of rotatable bonds is 7. The number of nitrogens with zero attached hydrogens (tertiary/aromatic N) is 2. The van der Waals surface area contributed by atoms with Crippen molar-refractivity contribution < 1.29 is 19.6 Å². The van der Waals surface area contributed by atoms with E-state index < -0.39 is 16.3 Å². The predicted molar refractivity (Wildman–Crippen MR) is 92.3 cm³/mol. The summed E-state index contributed by atoms with van der Waals surface area (Å²) in [5.74, 6) is -1.07. The Morgan fingerprint density at radius 2 is 2.08 bits per heavy atom. The van der Waals surface area contributed by atoms with Crippen LogP contribution < -0.4 is 5.32 Å². The van der Waals surface area contributed by atoms with E-state index in [0.29, 0.717) is 18.7 Å². The average molecular weight is 349 g/mol. The monoisotopic (exact) mass is 349 g/mol. The Morgan fingerprint density at radius 1 is 1.40 bits per heavy atom. The van der Waals surface area contributed by atoms with Crippen molar-refractivity contribution in [3.05, 3.63) is 34.4 Å². The molecule has 1 heterocycles. The Hall–Kier alpha value is -2.64. The van der Waals surface area contributed by atoms with Gasteiger partial charge < -0.3 is 15.3 Å². The van der Waals surface area contributed by atoms with Crippen LogP contribution in [0.15, 0.2) is 24.3 Å². The first-order valence-corrected chi connectivity index (χ1v) is 8.26. The zero-order valence-corrected chi connectivity index (χ0v) is 14.4. The van der Waals surface area contributed by atoms with Gasteiger partial charge in [-0.3, -0.25) is 19.7 Å². The molecule has 0 radical (unpaired) electrons. The standard InChI is InChI=1S/C17H23N3O5/c1-12(2)17(16(22)23)8-10-19(11-17)15(21)7-9-18-13-5-3-4-6-14(13)20(24)25/h3-6,12,18H,7-11H2,1-2H3,(H,22,23). The lowest BCUT2D eigenvalue weighted by atomic mass is 9.76. The van der Waals surface area contributed by atoms with Crippen LogP contribution in [0.2, 0.25) is 0 Å². The molecule has 1 aromatic rings. The summed E-state index contributed by atoms with van der Waals surface area (Å²) in [4.78, 5) is 36.0. The Balaban J connectivity index is 1.92. The molecule has 1 atom stereocenters. The zero-order chi connectivity index (χ0) is 18.6. The van der Waals surface area contributed by atoms with E-state index in [2.05, 4.69) is 5.32 Å². The molecule has 1 amide bonds. The maximum Gasteiger partial charge on any atom is 0.311 e. The third-order valence-electron chi connectivity index (χ3n) is 4.94. The summed E-state index contributed by atoms with van der Waals surface area (Å²) >= 11 is 0. The highest BCUT2D eigenvalue weighted by Crippen LogP contribution is 2.38. The van der Waals surface area contributed by atoms with E-state index in [1.807, 2.05) is 13.8 Å². The number of anilines is 1. The van der Waals surface area contributed by atoms with Crippen LogP contribution in [0.5, 0.6) is 0 Å². The minimum absolute atomic E-state index is 0.0409. The van der Waals surface area contributed by atoms with Gasteiger partial charge in [-0.1, -0.05) is 26.0 Å². The summed E-state index contributed by atoms with van der Waals surface area (Å²) in [6, 6.07) is 6.25. The summed E-state index contributed by atoms with van der Waals surface area (Å²) in [6.07, 6.45) is 0.600. The molecule has 25 heavy (non-hydrogen) atoms. The normalized spacial score (nSPS) is 19.9. The van der Waals surface area contributed by atoms with Crippen molar-refractivity contribution >= 4 is 23.3 Å². The van der Waals surface area contributed by atoms with Crippen molar-refractivity contribution in [1.82, 2.24) is 4.90 Å². The number of nitrogens with one attached hydrogen (secondary N) is 1. The third-order valence-corrected chi connectivity index (χ3v) is 4.94. The number of carboxylic acids is 1. The molecule has 0 bridgehead atoms. The summed E-state index contributed by atoms with van der Waals surface area (Å²) < 4.78 is 0. The van der Waals surface area contributed by atoms with Gasteiger partial charge in [0.1, 0.15) is 5.69 Å². The van der Waals surface area contributed by atoms with Crippen molar-refractivity contribution in [3.63, 3.8) is 0 Å². The van der Waals surface area contributed by atoms with Gasteiger partial charge >= 0.3 is 5.97 Å². The lowest BCUT2D eigenvalue weighted by Crippen LogP contribution is -2.40. The number of hydrogen-bond acceptors (Lipinski definition) is 5. The molecule has 2 N–H and O–H groups in total. The van der Waals surface area contributed by atoms with E-state index in [9.17, 15) is 24.8 Å². The van der Waals surface area contributed by atoms with Gasteiger partial charge in [-0.15, -0.1) is 0 Å². The van der Waals surface area contributed by atoms with Crippen LogP contribution in [-0.2, 0) is 9.59 Å². The van der Waals surface area contributed by atoms with Crippen LogP contribution in [-0.4, -0.2) is 46.4 Å². The maximum atomic E-state index is 12.3. The molecule has 0 saturated carbocycles. The first-order chi connectivity index (χ1) is 11.8.